The van der Waals surface area contributed by atoms with E-state index in [0.29, 0.717) is 0 Å². The lowest BCUT2D eigenvalue weighted by atomic mass is 10.1. The Balaban J connectivity index is 2.07. The molecule has 18 heavy (non-hydrogen) atoms. The van der Waals surface area contributed by atoms with E-state index in [1.165, 1.54) is 5.39 Å². The molecule has 0 bridgehead atoms. The number of nitrogens with two attached hydrogens (primary N) is 1. The van der Waals surface area contributed by atoms with E-state index in [1.807, 2.05) is 43.5 Å². The van der Waals surface area contributed by atoms with Gasteiger partial charge in [-0.15, -0.1) is 0 Å². The third-order valence-electron chi connectivity index (χ3n) is 3.15. The van der Waals surface area contributed by atoms with Gasteiger partial charge in [0.2, 0.25) is 0 Å². The maximum atomic E-state index is 6.01. The minimum absolute atomic E-state index is 0.764. The summed E-state index contributed by atoms with van der Waals surface area (Å²) in [7, 11) is 0. The largest absolute Gasteiger partial charge is 0.397 e. The van der Waals surface area contributed by atoms with E-state index in [9.17, 15) is 0 Å². The number of hydrogen-bond donors (Lipinski definition) is 3. The van der Waals surface area contributed by atoms with E-state index >= 15 is 0 Å². The highest BCUT2D eigenvalue weighted by Gasteiger charge is 2.06. The number of aromatic amines is 1. The van der Waals surface area contributed by atoms with Crippen LogP contribution in [0.2, 0.25) is 0 Å². The molecule has 0 spiro atoms. The maximum absolute atomic E-state index is 6.01. The summed E-state index contributed by atoms with van der Waals surface area (Å²) in [4.78, 5) is 3.24. The highest BCUT2D eigenvalue weighted by molar-refractivity contribution is 5.95. The Labute approximate surface area is 106 Å². The fourth-order valence-corrected chi connectivity index (χ4v) is 2.17. The second-order valence-electron chi connectivity index (χ2n) is 4.41. The van der Waals surface area contributed by atoms with Crippen LogP contribution in [0.1, 0.15) is 5.56 Å². The van der Waals surface area contributed by atoms with Crippen molar-refractivity contribution >= 4 is 28.0 Å². The van der Waals surface area contributed by atoms with Gasteiger partial charge in [-0.3, -0.25) is 0 Å². The van der Waals surface area contributed by atoms with E-state index in [0.717, 1.165) is 28.1 Å². The summed E-state index contributed by atoms with van der Waals surface area (Å²) in [5.41, 5.74) is 11.1. The van der Waals surface area contributed by atoms with Crippen LogP contribution in [0.5, 0.6) is 0 Å². The standard InChI is InChI=1S/C15H15N3/c1-10-5-4-7-12(16)15(10)18-14-9-17-13-8-3-2-6-11(13)14/h2-9,17-18H,16H2,1H3. The van der Waals surface area contributed by atoms with Crippen LogP contribution in [-0.4, -0.2) is 4.98 Å². The number of para-hydroxylation sites is 2. The molecule has 3 nitrogen and oxygen atoms in total. The zero-order valence-corrected chi connectivity index (χ0v) is 10.2. The van der Waals surface area contributed by atoms with Gasteiger partial charge in [0.15, 0.2) is 0 Å². The Bertz CT molecular complexity index is 678. The molecule has 3 heteroatoms. The van der Waals surface area contributed by atoms with Gasteiger partial charge in [0, 0.05) is 17.1 Å². The summed E-state index contributed by atoms with van der Waals surface area (Å²) in [5, 5.41) is 4.57. The molecule has 0 aliphatic heterocycles. The number of anilines is 3. The summed E-state index contributed by atoms with van der Waals surface area (Å²) < 4.78 is 0. The van der Waals surface area contributed by atoms with E-state index < -0.39 is 0 Å². The molecule has 0 fully saturated rings. The van der Waals surface area contributed by atoms with Crippen LogP contribution in [0.25, 0.3) is 10.9 Å². The minimum atomic E-state index is 0.764. The van der Waals surface area contributed by atoms with Crippen molar-refractivity contribution in [1.29, 1.82) is 0 Å². The summed E-state index contributed by atoms with van der Waals surface area (Å²) in [5.74, 6) is 0. The Hall–Kier alpha value is -2.42. The number of aryl methyl sites for hydroxylation is 1. The topological polar surface area (TPSA) is 53.8 Å². The number of H-pyrrole nitrogens is 1. The monoisotopic (exact) mass is 237 g/mol. The normalized spacial score (nSPS) is 10.7. The lowest BCUT2D eigenvalue weighted by Gasteiger charge is -2.11. The average molecular weight is 237 g/mol. The molecule has 0 aliphatic carbocycles. The quantitative estimate of drug-likeness (QED) is 0.594. The smallest absolute Gasteiger partial charge is 0.0648 e. The molecule has 0 unspecified atom stereocenters. The van der Waals surface area contributed by atoms with Crippen molar-refractivity contribution in [2.75, 3.05) is 11.1 Å². The highest BCUT2D eigenvalue weighted by Crippen LogP contribution is 2.30. The fourth-order valence-electron chi connectivity index (χ4n) is 2.17. The van der Waals surface area contributed by atoms with Crippen LogP contribution in [0.15, 0.2) is 48.7 Å². The van der Waals surface area contributed by atoms with Crippen LogP contribution >= 0.6 is 0 Å². The molecule has 0 saturated heterocycles. The first kappa shape index (κ1) is 10.7. The Kier molecular flexibility index (Phi) is 2.45. The minimum Gasteiger partial charge on any atom is -0.397 e. The lowest BCUT2D eigenvalue weighted by Crippen LogP contribution is -1.97. The number of fused-ring (bicyclic) bond motifs is 1. The average Bonchev–Trinajstić information content (AvgIpc) is 2.77. The van der Waals surface area contributed by atoms with Crippen molar-refractivity contribution in [2.45, 2.75) is 6.92 Å². The number of rotatable bonds is 2. The van der Waals surface area contributed by atoms with Crippen LogP contribution in [0.3, 0.4) is 0 Å². The summed E-state index contributed by atoms with van der Waals surface area (Å²) >= 11 is 0. The fraction of sp³-hybridized carbons (Fsp3) is 0.0667. The molecule has 0 aliphatic rings. The van der Waals surface area contributed by atoms with Crippen molar-refractivity contribution < 1.29 is 0 Å². The summed E-state index contributed by atoms with van der Waals surface area (Å²) in [6, 6.07) is 14.1. The van der Waals surface area contributed by atoms with E-state index in [2.05, 4.69) is 22.4 Å². The molecule has 0 radical (unpaired) electrons. The van der Waals surface area contributed by atoms with Gasteiger partial charge in [0.05, 0.1) is 17.1 Å². The van der Waals surface area contributed by atoms with Crippen LogP contribution in [-0.2, 0) is 0 Å². The van der Waals surface area contributed by atoms with Gasteiger partial charge < -0.3 is 16.0 Å². The number of benzene rings is 2. The molecule has 0 atom stereocenters. The lowest BCUT2D eigenvalue weighted by molar-refractivity contribution is 1.42. The number of hydrogen-bond acceptors (Lipinski definition) is 2. The van der Waals surface area contributed by atoms with Crippen molar-refractivity contribution in [3.63, 3.8) is 0 Å². The van der Waals surface area contributed by atoms with Crippen molar-refractivity contribution in [3.05, 3.63) is 54.2 Å². The van der Waals surface area contributed by atoms with E-state index in [1.54, 1.807) is 0 Å². The van der Waals surface area contributed by atoms with Gasteiger partial charge in [-0.25, -0.2) is 0 Å². The van der Waals surface area contributed by atoms with Gasteiger partial charge in [-0.1, -0.05) is 30.3 Å². The van der Waals surface area contributed by atoms with E-state index in [4.69, 9.17) is 5.73 Å². The first-order chi connectivity index (χ1) is 8.75. The molecule has 3 aromatic rings. The highest BCUT2D eigenvalue weighted by atomic mass is 14.9. The first-order valence-corrected chi connectivity index (χ1v) is 5.94. The van der Waals surface area contributed by atoms with Gasteiger partial charge in [-0.05, 0) is 24.6 Å². The predicted octanol–water partition coefficient (Wildman–Crippen LogP) is 3.80. The van der Waals surface area contributed by atoms with Crippen LogP contribution < -0.4 is 11.1 Å². The van der Waals surface area contributed by atoms with Gasteiger partial charge in [0.25, 0.3) is 0 Å². The molecule has 0 amide bonds. The second-order valence-corrected chi connectivity index (χ2v) is 4.41. The zero-order chi connectivity index (χ0) is 12.5. The van der Waals surface area contributed by atoms with Gasteiger partial charge >= 0.3 is 0 Å². The Morgan fingerprint density at radius 3 is 2.72 bits per heavy atom. The maximum Gasteiger partial charge on any atom is 0.0648 e. The number of nitrogen functional groups attached to an aromatic ring is 1. The second kappa shape index (κ2) is 4.11. The van der Waals surface area contributed by atoms with Gasteiger partial charge in [0.1, 0.15) is 0 Å². The predicted molar refractivity (Wildman–Crippen MR) is 77.2 cm³/mol. The molecule has 3 rings (SSSR count). The molecule has 4 N–H and O–H groups in total. The molecule has 2 aromatic carbocycles. The third-order valence-corrected chi connectivity index (χ3v) is 3.15. The first-order valence-electron chi connectivity index (χ1n) is 5.94. The molecule has 1 heterocycles. The summed E-state index contributed by atoms with van der Waals surface area (Å²) in [6.07, 6.45) is 1.97. The Morgan fingerprint density at radius 2 is 1.89 bits per heavy atom. The molecule has 0 saturated carbocycles. The SMILES string of the molecule is Cc1cccc(N)c1Nc1c[nH]c2ccccc12. The van der Waals surface area contributed by atoms with E-state index in [-0.39, 0.29) is 0 Å². The molecule has 1 aromatic heterocycles. The number of nitrogens with one attached hydrogen (secondary N) is 2. The van der Waals surface area contributed by atoms with Crippen LogP contribution in [0.4, 0.5) is 17.1 Å². The summed E-state index contributed by atoms with van der Waals surface area (Å²) in [6.45, 7) is 2.05. The third kappa shape index (κ3) is 1.70. The van der Waals surface area contributed by atoms with Crippen molar-refractivity contribution in [1.82, 2.24) is 4.98 Å². The van der Waals surface area contributed by atoms with Crippen molar-refractivity contribution in [3.8, 4) is 0 Å². The molecular weight excluding hydrogens is 222 g/mol. The van der Waals surface area contributed by atoms with Crippen LogP contribution in [0, 0.1) is 6.92 Å². The molecule has 90 valence electrons. The van der Waals surface area contributed by atoms with Crippen molar-refractivity contribution in [2.24, 2.45) is 0 Å². The number of aromatic nitrogens is 1. The zero-order valence-electron chi connectivity index (χ0n) is 10.2. The molecular formula is C15H15N3. The Morgan fingerprint density at radius 1 is 1.06 bits per heavy atom. The van der Waals surface area contributed by atoms with Gasteiger partial charge in [-0.2, -0.15) is 0 Å².